The Labute approximate surface area is 96.7 Å². The molecule has 88 valence electrons. The summed E-state index contributed by atoms with van der Waals surface area (Å²) in [6, 6.07) is 3.63. The van der Waals surface area contributed by atoms with Crippen molar-refractivity contribution in [2.24, 2.45) is 5.73 Å². The fraction of sp³-hybridized carbons (Fsp3) is 0.273. The van der Waals surface area contributed by atoms with Crippen molar-refractivity contribution in [3.63, 3.8) is 0 Å². The quantitative estimate of drug-likeness (QED) is 0.868. The molecule has 5 heteroatoms. The van der Waals surface area contributed by atoms with E-state index in [9.17, 15) is 13.2 Å². The van der Waals surface area contributed by atoms with Crippen molar-refractivity contribution < 1.29 is 13.2 Å². The third-order valence-corrected chi connectivity index (χ3v) is 2.35. The van der Waals surface area contributed by atoms with Crippen LogP contribution in [0.3, 0.4) is 0 Å². The van der Waals surface area contributed by atoms with Gasteiger partial charge in [0.2, 0.25) is 0 Å². The lowest BCUT2D eigenvalue weighted by atomic mass is 9.98. The van der Waals surface area contributed by atoms with E-state index in [1.54, 1.807) is 0 Å². The Kier molecular flexibility index (Phi) is 3.99. The fourth-order valence-electron chi connectivity index (χ4n) is 1.37. The summed E-state index contributed by atoms with van der Waals surface area (Å²) in [6.07, 6.45) is -4.11. The van der Waals surface area contributed by atoms with Crippen LogP contribution in [0.25, 0.3) is 5.57 Å². The molecule has 0 aliphatic heterocycles. The molecule has 0 aliphatic rings. The zero-order valence-corrected chi connectivity index (χ0v) is 9.20. The number of alkyl halides is 3. The van der Waals surface area contributed by atoms with Crippen LogP contribution in [0.2, 0.25) is 5.02 Å². The van der Waals surface area contributed by atoms with E-state index in [4.69, 9.17) is 17.3 Å². The largest absolute Gasteiger partial charge is 0.417 e. The average molecular weight is 250 g/mol. The van der Waals surface area contributed by atoms with Gasteiger partial charge in [0.05, 0.1) is 5.56 Å². The summed E-state index contributed by atoms with van der Waals surface area (Å²) in [7, 11) is 0. The molecule has 1 aromatic rings. The third-order valence-electron chi connectivity index (χ3n) is 2.11. The summed E-state index contributed by atoms with van der Waals surface area (Å²) < 4.78 is 38.1. The molecule has 0 fully saturated rings. The molecule has 0 saturated carbocycles. The summed E-state index contributed by atoms with van der Waals surface area (Å²) in [6.45, 7) is 3.86. The van der Waals surface area contributed by atoms with Crippen LogP contribution in [0.15, 0.2) is 24.8 Å². The molecule has 1 nitrogen and oxygen atoms in total. The van der Waals surface area contributed by atoms with Gasteiger partial charge in [-0.15, -0.1) is 0 Å². The molecule has 1 rings (SSSR count). The smallest absolute Gasteiger partial charge is 0.330 e. The molecule has 1 aromatic carbocycles. The van der Waals surface area contributed by atoms with Gasteiger partial charge in [0.15, 0.2) is 0 Å². The van der Waals surface area contributed by atoms with E-state index in [0.29, 0.717) is 12.0 Å². The predicted octanol–water partition coefficient (Wildman–Crippen LogP) is 3.72. The fourth-order valence-corrected chi connectivity index (χ4v) is 1.54. The van der Waals surface area contributed by atoms with Gasteiger partial charge in [0, 0.05) is 5.02 Å². The van der Waals surface area contributed by atoms with Crippen LogP contribution >= 0.6 is 11.6 Å². The average Bonchev–Trinajstić information content (AvgIpc) is 2.16. The highest BCUT2D eigenvalue weighted by molar-refractivity contribution is 6.30. The van der Waals surface area contributed by atoms with Crippen LogP contribution in [0, 0.1) is 0 Å². The van der Waals surface area contributed by atoms with Crippen LogP contribution in [-0.4, -0.2) is 6.54 Å². The number of nitrogens with two attached hydrogens (primary N) is 1. The van der Waals surface area contributed by atoms with Crippen molar-refractivity contribution in [3.8, 4) is 0 Å². The molecule has 0 saturated heterocycles. The minimum Gasteiger partial charge on any atom is -0.330 e. The number of hydrogen-bond acceptors (Lipinski definition) is 1. The lowest BCUT2D eigenvalue weighted by molar-refractivity contribution is -0.137. The molecule has 0 atom stereocenters. The topological polar surface area (TPSA) is 26.0 Å². The van der Waals surface area contributed by atoms with Gasteiger partial charge in [-0.2, -0.15) is 13.2 Å². The summed E-state index contributed by atoms with van der Waals surface area (Å²) in [5.74, 6) is 0. The van der Waals surface area contributed by atoms with Gasteiger partial charge in [0.25, 0.3) is 0 Å². The first-order valence-corrected chi connectivity index (χ1v) is 4.99. The normalized spacial score (nSPS) is 11.6. The molecule has 0 aromatic heterocycles. The number of halogens is 4. The second-order valence-corrected chi connectivity index (χ2v) is 3.77. The number of rotatable bonds is 3. The third kappa shape index (κ3) is 3.00. The van der Waals surface area contributed by atoms with Crippen molar-refractivity contribution in [1.82, 2.24) is 0 Å². The van der Waals surface area contributed by atoms with E-state index in [1.165, 1.54) is 12.1 Å². The maximum Gasteiger partial charge on any atom is 0.417 e. The molecular weight excluding hydrogens is 239 g/mol. The summed E-state index contributed by atoms with van der Waals surface area (Å²) in [4.78, 5) is 0. The second-order valence-electron chi connectivity index (χ2n) is 3.33. The predicted molar refractivity (Wildman–Crippen MR) is 59.2 cm³/mol. The summed E-state index contributed by atoms with van der Waals surface area (Å²) >= 11 is 5.55. The summed E-state index contributed by atoms with van der Waals surface area (Å²) in [5.41, 5.74) is 4.95. The SMILES string of the molecule is C=C(CCN)c1ccc(Cl)cc1C(F)(F)F. The van der Waals surface area contributed by atoms with Crippen molar-refractivity contribution in [1.29, 1.82) is 0 Å². The lowest BCUT2D eigenvalue weighted by Crippen LogP contribution is -2.10. The zero-order valence-electron chi connectivity index (χ0n) is 8.44. The Morgan fingerprint density at radius 2 is 2.00 bits per heavy atom. The Morgan fingerprint density at radius 3 is 2.50 bits per heavy atom. The second kappa shape index (κ2) is 4.89. The van der Waals surface area contributed by atoms with Crippen LogP contribution < -0.4 is 5.73 Å². The molecule has 0 amide bonds. The Morgan fingerprint density at radius 1 is 1.38 bits per heavy atom. The zero-order chi connectivity index (χ0) is 12.3. The number of hydrogen-bond donors (Lipinski definition) is 1. The van der Waals surface area contributed by atoms with Gasteiger partial charge in [0.1, 0.15) is 0 Å². The van der Waals surface area contributed by atoms with Gasteiger partial charge >= 0.3 is 6.18 Å². The molecule has 0 heterocycles. The minimum absolute atomic E-state index is 0.0524. The molecular formula is C11H11ClF3N. The summed E-state index contributed by atoms with van der Waals surface area (Å²) in [5, 5.41) is 0.0524. The van der Waals surface area contributed by atoms with Crippen molar-refractivity contribution in [2.45, 2.75) is 12.6 Å². The Bertz CT molecular complexity index is 399. The molecule has 0 radical (unpaired) electrons. The standard InChI is InChI=1S/C11H11ClF3N/c1-7(4-5-16)9-3-2-8(12)6-10(9)11(13,14)15/h2-3,6H,1,4-5,16H2. The van der Waals surface area contributed by atoms with Crippen molar-refractivity contribution >= 4 is 17.2 Å². The van der Waals surface area contributed by atoms with Crippen molar-refractivity contribution in [3.05, 3.63) is 40.9 Å². The van der Waals surface area contributed by atoms with E-state index in [0.717, 1.165) is 6.07 Å². The van der Waals surface area contributed by atoms with E-state index in [-0.39, 0.29) is 17.1 Å². The van der Waals surface area contributed by atoms with Gasteiger partial charge in [-0.05, 0) is 36.2 Å². The Balaban J connectivity index is 3.23. The monoisotopic (exact) mass is 249 g/mol. The highest BCUT2D eigenvalue weighted by Gasteiger charge is 2.33. The molecule has 16 heavy (non-hydrogen) atoms. The molecule has 0 spiro atoms. The van der Waals surface area contributed by atoms with Gasteiger partial charge < -0.3 is 5.73 Å². The molecule has 0 unspecified atom stereocenters. The van der Waals surface area contributed by atoms with E-state index in [2.05, 4.69) is 6.58 Å². The highest BCUT2D eigenvalue weighted by atomic mass is 35.5. The van der Waals surface area contributed by atoms with Crippen molar-refractivity contribution in [2.75, 3.05) is 6.54 Å². The lowest BCUT2D eigenvalue weighted by Gasteiger charge is -2.14. The number of benzene rings is 1. The van der Waals surface area contributed by atoms with E-state index < -0.39 is 11.7 Å². The van der Waals surface area contributed by atoms with Gasteiger partial charge in [-0.1, -0.05) is 24.2 Å². The first-order valence-electron chi connectivity index (χ1n) is 4.61. The molecule has 0 aliphatic carbocycles. The molecule has 2 N–H and O–H groups in total. The minimum atomic E-state index is -4.43. The van der Waals surface area contributed by atoms with Crippen LogP contribution in [-0.2, 0) is 6.18 Å². The maximum atomic E-state index is 12.7. The molecule has 0 bridgehead atoms. The van der Waals surface area contributed by atoms with E-state index >= 15 is 0 Å². The van der Waals surface area contributed by atoms with Crippen LogP contribution in [0.1, 0.15) is 17.5 Å². The van der Waals surface area contributed by atoms with Crippen LogP contribution in [0.5, 0.6) is 0 Å². The van der Waals surface area contributed by atoms with E-state index in [1.807, 2.05) is 0 Å². The first kappa shape index (κ1) is 13.1. The van der Waals surface area contributed by atoms with Gasteiger partial charge in [-0.25, -0.2) is 0 Å². The first-order chi connectivity index (χ1) is 7.36. The Hall–Kier alpha value is -1.00. The highest BCUT2D eigenvalue weighted by Crippen LogP contribution is 2.36. The maximum absolute atomic E-state index is 12.7. The van der Waals surface area contributed by atoms with Crippen LogP contribution in [0.4, 0.5) is 13.2 Å². The van der Waals surface area contributed by atoms with Gasteiger partial charge in [-0.3, -0.25) is 0 Å².